The van der Waals surface area contributed by atoms with E-state index in [1.54, 1.807) is 23.6 Å². The predicted octanol–water partition coefficient (Wildman–Crippen LogP) is 2.72. The molecule has 0 bridgehead atoms. The number of nitrogens with zero attached hydrogens (tertiary/aromatic N) is 3. The van der Waals surface area contributed by atoms with Crippen molar-refractivity contribution >= 4 is 29.0 Å². The molecule has 0 amide bonds. The SMILES string of the molecule is COC(=O)C1(C(F)(F)F)N=C2C=CC=CN2C(c2cccs2)=N1. The molecule has 0 aromatic carbocycles. The van der Waals surface area contributed by atoms with Gasteiger partial charge in [0.2, 0.25) is 0 Å². The van der Waals surface area contributed by atoms with Gasteiger partial charge in [-0.1, -0.05) is 12.1 Å². The van der Waals surface area contributed by atoms with Crippen molar-refractivity contribution in [3.8, 4) is 0 Å². The van der Waals surface area contributed by atoms with Crippen LogP contribution < -0.4 is 0 Å². The van der Waals surface area contributed by atoms with Crippen molar-refractivity contribution in [1.29, 1.82) is 0 Å². The second-order valence-electron chi connectivity index (χ2n) is 4.61. The predicted molar refractivity (Wildman–Crippen MR) is 79.2 cm³/mol. The number of aliphatic imine (C=N–C) groups is 2. The second-order valence-corrected chi connectivity index (χ2v) is 5.56. The van der Waals surface area contributed by atoms with E-state index < -0.39 is 17.8 Å². The van der Waals surface area contributed by atoms with Crippen molar-refractivity contribution in [2.24, 2.45) is 9.98 Å². The fourth-order valence-corrected chi connectivity index (χ4v) is 2.87. The molecule has 2 aliphatic heterocycles. The number of ether oxygens (including phenoxy) is 1. The Morgan fingerprint density at radius 3 is 2.74 bits per heavy atom. The summed E-state index contributed by atoms with van der Waals surface area (Å²) in [6, 6.07) is 3.31. The molecule has 0 aliphatic carbocycles. The van der Waals surface area contributed by atoms with Gasteiger partial charge in [-0.3, -0.25) is 4.90 Å². The molecule has 1 aromatic heterocycles. The average Bonchev–Trinajstić information content (AvgIpc) is 3.06. The maximum Gasteiger partial charge on any atom is 0.445 e. The van der Waals surface area contributed by atoms with Crippen LogP contribution in [0.25, 0.3) is 0 Å². The molecule has 1 unspecified atom stereocenters. The van der Waals surface area contributed by atoms with E-state index in [1.807, 2.05) is 0 Å². The molecule has 3 rings (SSSR count). The molecule has 0 spiro atoms. The van der Waals surface area contributed by atoms with Gasteiger partial charge in [-0.05, 0) is 23.6 Å². The van der Waals surface area contributed by atoms with Crippen molar-refractivity contribution in [3.05, 3.63) is 46.8 Å². The van der Waals surface area contributed by atoms with Crippen LogP contribution >= 0.6 is 11.3 Å². The number of amidine groups is 2. The number of carbonyl (C=O) groups is 1. The Labute approximate surface area is 133 Å². The Balaban J connectivity index is 2.25. The molecule has 0 saturated heterocycles. The number of methoxy groups -OCH3 is 1. The zero-order valence-electron chi connectivity index (χ0n) is 11.7. The number of allylic oxidation sites excluding steroid dienone is 2. The quantitative estimate of drug-likeness (QED) is 0.777. The number of hydrogen-bond acceptors (Lipinski definition) is 6. The summed E-state index contributed by atoms with van der Waals surface area (Å²) in [5.41, 5.74) is -3.30. The van der Waals surface area contributed by atoms with Gasteiger partial charge in [0, 0.05) is 6.20 Å². The summed E-state index contributed by atoms with van der Waals surface area (Å²) in [6.07, 6.45) is 1.06. The van der Waals surface area contributed by atoms with Gasteiger partial charge in [0.15, 0.2) is 5.84 Å². The van der Waals surface area contributed by atoms with E-state index in [0.29, 0.717) is 4.88 Å². The summed E-state index contributed by atoms with van der Waals surface area (Å²) in [4.78, 5) is 21.0. The van der Waals surface area contributed by atoms with E-state index in [9.17, 15) is 18.0 Å². The molecular weight excluding hydrogens is 331 g/mol. The summed E-state index contributed by atoms with van der Waals surface area (Å²) in [7, 11) is 0.874. The van der Waals surface area contributed by atoms with E-state index >= 15 is 0 Å². The van der Waals surface area contributed by atoms with Gasteiger partial charge in [0.25, 0.3) is 0 Å². The maximum absolute atomic E-state index is 13.6. The van der Waals surface area contributed by atoms with Crippen LogP contribution in [0.5, 0.6) is 0 Å². The average molecular weight is 341 g/mol. The zero-order valence-corrected chi connectivity index (χ0v) is 12.6. The lowest BCUT2D eigenvalue weighted by molar-refractivity contribution is -0.202. The molecule has 0 saturated carbocycles. The molecular formula is C14H10F3N3O2S. The molecule has 2 aliphatic rings. The van der Waals surface area contributed by atoms with Crippen LogP contribution in [0.3, 0.4) is 0 Å². The zero-order chi connectivity index (χ0) is 16.7. The van der Waals surface area contributed by atoms with Crippen molar-refractivity contribution in [3.63, 3.8) is 0 Å². The number of thiophene rings is 1. The smallest absolute Gasteiger partial charge is 0.445 e. The first-order valence-corrected chi connectivity index (χ1v) is 7.30. The summed E-state index contributed by atoms with van der Waals surface area (Å²) in [5.74, 6) is -1.61. The Morgan fingerprint density at radius 1 is 1.35 bits per heavy atom. The highest BCUT2D eigenvalue weighted by Crippen LogP contribution is 2.40. The highest BCUT2D eigenvalue weighted by Gasteiger charge is 2.64. The molecule has 1 aromatic rings. The summed E-state index contributed by atoms with van der Waals surface area (Å²) < 4.78 is 45.2. The van der Waals surface area contributed by atoms with Gasteiger partial charge in [0.1, 0.15) is 5.84 Å². The molecule has 23 heavy (non-hydrogen) atoms. The minimum absolute atomic E-state index is 0.00618. The van der Waals surface area contributed by atoms with Gasteiger partial charge in [-0.15, -0.1) is 11.3 Å². The van der Waals surface area contributed by atoms with Crippen molar-refractivity contribution in [2.75, 3.05) is 7.11 Å². The van der Waals surface area contributed by atoms with Crippen molar-refractivity contribution < 1.29 is 22.7 Å². The molecule has 0 N–H and O–H groups in total. The van der Waals surface area contributed by atoms with Crippen LogP contribution in [-0.2, 0) is 9.53 Å². The molecule has 0 fully saturated rings. The Hall–Kier alpha value is -2.42. The Bertz CT molecular complexity index is 750. The molecule has 9 heteroatoms. The van der Waals surface area contributed by atoms with Gasteiger partial charge in [-0.2, -0.15) is 13.2 Å². The topological polar surface area (TPSA) is 54.3 Å². The molecule has 1 atom stereocenters. The molecule has 3 heterocycles. The largest absolute Gasteiger partial charge is 0.465 e. The lowest BCUT2D eigenvalue weighted by Crippen LogP contribution is -2.55. The minimum atomic E-state index is -5.03. The number of esters is 1. The van der Waals surface area contributed by atoms with E-state index in [-0.39, 0.29) is 11.7 Å². The first-order chi connectivity index (χ1) is 10.9. The van der Waals surface area contributed by atoms with E-state index in [4.69, 9.17) is 0 Å². The fraction of sp³-hybridized carbons (Fsp3) is 0.214. The van der Waals surface area contributed by atoms with Gasteiger partial charge in [-0.25, -0.2) is 14.8 Å². The van der Waals surface area contributed by atoms with Crippen LogP contribution in [0.2, 0.25) is 0 Å². The summed E-state index contributed by atoms with van der Waals surface area (Å²) in [6.45, 7) is 0. The third kappa shape index (κ3) is 2.37. The fourth-order valence-electron chi connectivity index (χ4n) is 2.16. The van der Waals surface area contributed by atoms with E-state index in [0.717, 1.165) is 7.11 Å². The summed E-state index contributed by atoms with van der Waals surface area (Å²) >= 11 is 1.21. The minimum Gasteiger partial charge on any atom is -0.465 e. The Kier molecular flexibility index (Phi) is 3.59. The van der Waals surface area contributed by atoms with Crippen LogP contribution in [0.15, 0.2) is 51.9 Å². The number of hydrogen-bond donors (Lipinski definition) is 0. The second kappa shape index (κ2) is 5.34. The number of alkyl halides is 3. The highest BCUT2D eigenvalue weighted by molar-refractivity contribution is 7.12. The van der Waals surface area contributed by atoms with Gasteiger partial charge >= 0.3 is 17.8 Å². The van der Waals surface area contributed by atoms with Crippen molar-refractivity contribution in [2.45, 2.75) is 11.8 Å². The van der Waals surface area contributed by atoms with Gasteiger partial charge in [0.05, 0.1) is 12.0 Å². The first kappa shape index (κ1) is 15.5. The third-order valence-corrected chi connectivity index (χ3v) is 4.08. The standard InChI is InChI=1S/C14H10F3N3O2S/c1-22-12(21)13(14(15,16)17)18-10-6-2-3-7-20(10)11(19-13)9-5-4-8-23-9/h2-8H,1H3. The molecule has 0 radical (unpaired) electrons. The third-order valence-electron chi connectivity index (χ3n) is 3.22. The number of carbonyl (C=O) groups excluding carboxylic acids is 1. The maximum atomic E-state index is 13.6. The van der Waals surface area contributed by atoms with Crippen LogP contribution in [0, 0.1) is 0 Å². The first-order valence-electron chi connectivity index (χ1n) is 6.42. The van der Waals surface area contributed by atoms with Crippen LogP contribution in [-0.4, -0.2) is 41.5 Å². The van der Waals surface area contributed by atoms with Crippen molar-refractivity contribution in [1.82, 2.24) is 4.90 Å². The Morgan fingerprint density at radius 2 is 2.13 bits per heavy atom. The van der Waals surface area contributed by atoms with Crippen LogP contribution in [0.4, 0.5) is 13.2 Å². The molecule has 120 valence electrons. The normalized spacial score (nSPS) is 23.2. The summed E-state index contributed by atoms with van der Waals surface area (Å²) in [5, 5.41) is 1.71. The number of rotatable bonds is 2. The lowest BCUT2D eigenvalue weighted by Gasteiger charge is -2.35. The highest BCUT2D eigenvalue weighted by atomic mass is 32.1. The van der Waals surface area contributed by atoms with Gasteiger partial charge < -0.3 is 4.74 Å². The molecule has 5 nitrogen and oxygen atoms in total. The van der Waals surface area contributed by atoms with E-state index in [1.165, 1.54) is 34.6 Å². The van der Waals surface area contributed by atoms with Crippen LogP contribution in [0.1, 0.15) is 4.88 Å². The number of halogens is 3. The van der Waals surface area contributed by atoms with E-state index in [2.05, 4.69) is 14.7 Å². The monoisotopic (exact) mass is 341 g/mol. The lowest BCUT2D eigenvalue weighted by atomic mass is 10.1. The number of fused-ring (bicyclic) bond motifs is 1.